The number of ether oxygens (including phenoxy) is 1. The van der Waals surface area contributed by atoms with Gasteiger partial charge in [-0.2, -0.15) is 0 Å². The summed E-state index contributed by atoms with van der Waals surface area (Å²) in [6.45, 7) is 1.55. The van der Waals surface area contributed by atoms with Gasteiger partial charge in [-0.05, 0) is 59.5 Å². The summed E-state index contributed by atoms with van der Waals surface area (Å²) < 4.78 is 5.41. The van der Waals surface area contributed by atoms with Crippen molar-refractivity contribution in [2.24, 2.45) is 0 Å². The second-order valence-corrected chi connectivity index (χ2v) is 8.74. The van der Waals surface area contributed by atoms with Gasteiger partial charge in [-0.25, -0.2) is 0 Å². The van der Waals surface area contributed by atoms with Crippen molar-refractivity contribution in [3.8, 4) is 5.75 Å². The average molecular weight is 490 g/mol. The van der Waals surface area contributed by atoms with Crippen molar-refractivity contribution >= 4 is 23.2 Å². The fraction of sp³-hybridized carbons (Fsp3) is 0.308. The molecule has 3 aromatic carbocycles. The van der Waals surface area contributed by atoms with Crippen LogP contribution in [0.2, 0.25) is 10.0 Å². The molecule has 0 unspecified atom stereocenters. The molecule has 3 aromatic rings. The van der Waals surface area contributed by atoms with Gasteiger partial charge in [0.05, 0.1) is 18.8 Å². The van der Waals surface area contributed by atoms with Crippen LogP contribution in [0.4, 0.5) is 0 Å². The van der Waals surface area contributed by atoms with Crippen LogP contribution in [0.25, 0.3) is 0 Å². The van der Waals surface area contributed by atoms with Crippen LogP contribution in [-0.2, 0) is 6.42 Å². The second-order valence-electron chi connectivity index (χ2n) is 7.87. The highest BCUT2D eigenvalue weighted by Crippen LogP contribution is 2.23. The minimum Gasteiger partial charge on any atom is -0.491 e. The molecule has 3 N–H and O–H groups in total. The molecule has 0 aliphatic rings. The Morgan fingerprint density at radius 1 is 0.788 bits per heavy atom. The number of hydrogen-bond donors (Lipinski definition) is 3. The Hall–Kier alpha value is -2.12. The van der Waals surface area contributed by atoms with Crippen molar-refractivity contribution in [2.45, 2.75) is 18.6 Å². The molecule has 0 amide bonds. The third-order valence-corrected chi connectivity index (χ3v) is 5.80. The summed E-state index contributed by atoms with van der Waals surface area (Å²) in [5.41, 5.74) is 2.57. The number of aliphatic hydroxyl groups excluding tert-OH is 3. The van der Waals surface area contributed by atoms with Crippen molar-refractivity contribution in [1.29, 1.82) is 0 Å². The van der Waals surface area contributed by atoms with Crippen LogP contribution < -0.4 is 4.74 Å². The largest absolute Gasteiger partial charge is 0.491 e. The fourth-order valence-corrected chi connectivity index (χ4v) is 3.99. The molecule has 176 valence electrons. The standard InChI is InChI=1S/C26H29Cl2NO4/c27-22-5-1-3-20(15-22)25(31)17-29(18-26(32)21-4-2-6-23(28)16-21)12-11-19-7-9-24(10-8-19)33-14-13-30/h1-10,15-16,25-26,30-32H,11-14,17-18H2/t25-,26-/m0/s1. The molecule has 2 atom stereocenters. The van der Waals surface area contributed by atoms with Crippen LogP contribution in [-0.4, -0.2) is 53.1 Å². The first-order valence-corrected chi connectivity index (χ1v) is 11.6. The zero-order chi connectivity index (χ0) is 23.6. The number of hydrogen-bond acceptors (Lipinski definition) is 5. The van der Waals surface area contributed by atoms with Crippen LogP contribution in [0.15, 0.2) is 72.8 Å². The summed E-state index contributed by atoms with van der Waals surface area (Å²) >= 11 is 12.2. The molecule has 0 saturated heterocycles. The van der Waals surface area contributed by atoms with E-state index in [-0.39, 0.29) is 13.2 Å². The molecule has 0 spiro atoms. The van der Waals surface area contributed by atoms with Gasteiger partial charge in [-0.15, -0.1) is 0 Å². The Morgan fingerprint density at radius 3 is 1.82 bits per heavy atom. The van der Waals surface area contributed by atoms with Crippen molar-refractivity contribution in [1.82, 2.24) is 4.90 Å². The van der Waals surface area contributed by atoms with Gasteiger partial charge in [0.25, 0.3) is 0 Å². The van der Waals surface area contributed by atoms with E-state index in [9.17, 15) is 10.2 Å². The van der Waals surface area contributed by atoms with Gasteiger partial charge in [0.2, 0.25) is 0 Å². The summed E-state index contributed by atoms with van der Waals surface area (Å²) in [4.78, 5) is 2.04. The lowest BCUT2D eigenvalue weighted by atomic mass is 10.1. The first-order valence-electron chi connectivity index (χ1n) is 10.9. The lowest BCUT2D eigenvalue weighted by Gasteiger charge is -2.28. The summed E-state index contributed by atoms with van der Waals surface area (Å²) in [5.74, 6) is 0.706. The monoisotopic (exact) mass is 489 g/mol. The molecule has 0 saturated carbocycles. The van der Waals surface area contributed by atoms with E-state index in [1.54, 1.807) is 24.3 Å². The van der Waals surface area contributed by atoms with Crippen molar-refractivity contribution in [3.63, 3.8) is 0 Å². The highest BCUT2D eigenvalue weighted by atomic mass is 35.5. The Kier molecular flexibility index (Phi) is 10.0. The number of halogens is 2. The molecule has 0 aliphatic heterocycles. The third-order valence-electron chi connectivity index (χ3n) is 5.33. The van der Waals surface area contributed by atoms with Crippen LogP contribution in [0.1, 0.15) is 28.9 Å². The first kappa shape index (κ1) is 25.5. The topological polar surface area (TPSA) is 73.2 Å². The van der Waals surface area contributed by atoms with Gasteiger partial charge in [0, 0.05) is 29.7 Å². The smallest absolute Gasteiger partial charge is 0.119 e. The maximum atomic E-state index is 10.8. The van der Waals surface area contributed by atoms with E-state index in [1.807, 2.05) is 53.4 Å². The molecule has 0 radical (unpaired) electrons. The molecule has 33 heavy (non-hydrogen) atoms. The molecule has 0 bridgehead atoms. The van der Waals surface area contributed by atoms with Gasteiger partial charge in [-0.3, -0.25) is 4.90 Å². The lowest BCUT2D eigenvalue weighted by molar-refractivity contribution is 0.0694. The van der Waals surface area contributed by atoms with Gasteiger partial charge in [-0.1, -0.05) is 59.6 Å². The van der Waals surface area contributed by atoms with E-state index in [4.69, 9.17) is 33.0 Å². The molecule has 0 fully saturated rings. The SMILES string of the molecule is OCCOc1ccc(CCN(C[C@H](O)c2cccc(Cl)c2)C[C@H](O)c2cccc(Cl)c2)cc1. The maximum Gasteiger partial charge on any atom is 0.119 e. The zero-order valence-electron chi connectivity index (χ0n) is 18.3. The van der Waals surface area contributed by atoms with E-state index >= 15 is 0 Å². The quantitative estimate of drug-likeness (QED) is 0.344. The minimum atomic E-state index is -0.746. The second kappa shape index (κ2) is 12.9. The number of benzene rings is 3. The molecule has 0 aromatic heterocycles. The first-order chi connectivity index (χ1) is 15.9. The Labute approximate surface area is 204 Å². The summed E-state index contributed by atoms with van der Waals surface area (Å²) in [6.07, 6.45) is -0.765. The molecular formula is C26H29Cl2NO4. The van der Waals surface area contributed by atoms with Gasteiger partial charge < -0.3 is 20.1 Å². The van der Waals surface area contributed by atoms with Crippen LogP contribution in [0.3, 0.4) is 0 Å². The predicted octanol–water partition coefficient (Wildman–Crippen LogP) is 4.68. The van der Waals surface area contributed by atoms with Gasteiger partial charge in [0.15, 0.2) is 0 Å². The summed E-state index contributed by atoms with van der Waals surface area (Å²) in [7, 11) is 0. The van der Waals surface area contributed by atoms with E-state index in [1.165, 1.54) is 0 Å². The molecule has 5 nitrogen and oxygen atoms in total. The van der Waals surface area contributed by atoms with E-state index in [0.29, 0.717) is 35.4 Å². The summed E-state index contributed by atoms with van der Waals surface area (Å²) in [5, 5.41) is 31.7. The van der Waals surface area contributed by atoms with Crippen molar-refractivity contribution < 1.29 is 20.1 Å². The van der Waals surface area contributed by atoms with Crippen LogP contribution in [0.5, 0.6) is 5.75 Å². The van der Waals surface area contributed by atoms with Gasteiger partial charge >= 0.3 is 0 Å². The van der Waals surface area contributed by atoms with Crippen LogP contribution in [0, 0.1) is 0 Å². The van der Waals surface area contributed by atoms with E-state index in [0.717, 1.165) is 23.1 Å². The molecule has 0 aliphatic carbocycles. The van der Waals surface area contributed by atoms with Gasteiger partial charge in [0.1, 0.15) is 12.4 Å². The van der Waals surface area contributed by atoms with E-state index in [2.05, 4.69) is 0 Å². The molecule has 3 rings (SSSR count). The molecular weight excluding hydrogens is 461 g/mol. The average Bonchev–Trinajstić information content (AvgIpc) is 2.81. The highest BCUT2D eigenvalue weighted by molar-refractivity contribution is 6.30. The predicted molar refractivity (Wildman–Crippen MR) is 132 cm³/mol. The van der Waals surface area contributed by atoms with E-state index < -0.39 is 12.2 Å². The Morgan fingerprint density at radius 2 is 1.33 bits per heavy atom. The van der Waals surface area contributed by atoms with Crippen molar-refractivity contribution in [3.05, 3.63) is 99.5 Å². The number of rotatable bonds is 12. The van der Waals surface area contributed by atoms with Crippen LogP contribution >= 0.6 is 23.2 Å². The van der Waals surface area contributed by atoms with Crippen molar-refractivity contribution in [2.75, 3.05) is 32.8 Å². The Balaban J connectivity index is 1.68. The lowest BCUT2D eigenvalue weighted by Crippen LogP contribution is -2.34. The normalized spacial score (nSPS) is 13.2. The number of aliphatic hydroxyl groups is 3. The third kappa shape index (κ3) is 8.31. The molecule has 0 heterocycles. The fourth-order valence-electron chi connectivity index (χ4n) is 3.59. The maximum absolute atomic E-state index is 10.8. The number of nitrogens with zero attached hydrogens (tertiary/aromatic N) is 1. The molecule has 7 heteroatoms. The summed E-state index contributed by atoms with van der Waals surface area (Å²) in [6, 6.07) is 22.1. The zero-order valence-corrected chi connectivity index (χ0v) is 19.8. The highest BCUT2D eigenvalue weighted by Gasteiger charge is 2.18. The Bertz CT molecular complexity index is 946. The minimum absolute atomic E-state index is 0.0272.